The van der Waals surface area contributed by atoms with Gasteiger partial charge in [0.25, 0.3) is 0 Å². The van der Waals surface area contributed by atoms with E-state index >= 15 is 0 Å². The predicted octanol–water partition coefficient (Wildman–Crippen LogP) is 0.150. The first-order chi connectivity index (χ1) is 8.04. The van der Waals surface area contributed by atoms with Gasteiger partial charge >= 0.3 is 0 Å². The van der Waals surface area contributed by atoms with Crippen LogP contribution in [-0.2, 0) is 7.05 Å². The quantitative estimate of drug-likeness (QED) is 0.694. The fourth-order valence-electron chi connectivity index (χ4n) is 1.42. The van der Waals surface area contributed by atoms with Crippen molar-refractivity contribution in [2.45, 2.75) is 19.6 Å². The summed E-state index contributed by atoms with van der Waals surface area (Å²) >= 11 is 0. The molecule has 1 unspecified atom stereocenters. The highest BCUT2D eigenvalue weighted by Gasteiger charge is 2.09. The van der Waals surface area contributed by atoms with E-state index in [1.54, 1.807) is 24.7 Å². The van der Waals surface area contributed by atoms with E-state index in [4.69, 9.17) is 11.0 Å². The van der Waals surface area contributed by atoms with Crippen LogP contribution in [0.25, 0.3) is 0 Å². The van der Waals surface area contributed by atoms with Crippen molar-refractivity contribution in [1.29, 1.82) is 5.26 Å². The molecule has 0 spiro atoms. The van der Waals surface area contributed by atoms with E-state index in [9.17, 15) is 5.11 Å². The van der Waals surface area contributed by atoms with Crippen molar-refractivity contribution in [1.82, 2.24) is 4.57 Å². The molecule has 0 aliphatic heterocycles. The number of hydrogen-bond acceptors (Lipinski definition) is 5. The van der Waals surface area contributed by atoms with Crippen molar-refractivity contribution in [3.8, 4) is 6.07 Å². The molecule has 0 aromatic carbocycles. The van der Waals surface area contributed by atoms with Crippen LogP contribution in [0.1, 0.15) is 18.9 Å². The molecule has 0 radical (unpaired) electrons. The third-order valence-corrected chi connectivity index (χ3v) is 2.51. The van der Waals surface area contributed by atoms with Gasteiger partial charge in [-0.05, 0) is 6.42 Å². The van der Waals surface area contributed by atoms with Crippen molar-refractivity contribution in [2.75, 3.05) is 18.1 Å². The lowest BCUT2D eigenvalue weighted by Gasteiger charge is -2.12. The molecule has 6 heteroatoms. The van der Waals surface area contributed by atoms with Crippen molar-refractivity contribution in [2.24, 2.45) is 12.0 Å². The summed E-state index contributed by atoms with van der Waals surface area (Å²) in [5.41, 5.74) is 7.16. The Labute approximate surface area is 100 Å². The van der Waals surface area contributed by atoms with E-state index in [1.165, 1.54) is 0 Å². The van der Waals surface area contributed by atoms with Gasteiger partial charge in [-0.15, -0.1) is 0 Å². The average Bonchev–Trinajstić information content (AvgIpc) is 2.34. The van der Waals surface area contributed by atoms with Gasteiger partial charge in [0.05, 0.1) is 5.69 Å². The molecule has 0 bridgehead atoms. The second-order valence-corrected chi connectivity index (χ2v) is 3.62. The van der Waals surface area contributed by atoms with Crippen molar-refractivity contribution >= 4 is 11.5 Å². The van der Waals surface area contributed by atoms with Crippen LogP contribution in [-0.4, -0.2) is 22.9 Å². The molecule has 0 aliphatic rings. The molecule has 0 aliphatic carbocycles. The molecular formula is C11H17N5O. The Hall–Kier alpha value is -2.00. The number of anilines is 2. The second-order valence-electron chi connectivity index (χ2n) is 3.62. The minimum atomic E-state index is -0.834. The Balaban J connectivity index is 3.62. The first kappa shape index (κ1) is 13.1. The minimum absolute atomic E-state index is 0.372. The molecule has 6 nitrogen and oxygen atoms in total. The molecule has 0 amide bonds. The van der Waals surface area contributed by atoms with E-state index in [0.717, 1.165) is 0 Å². The number of nitrogen functional groups attached to an aromatic ring is 1. The zero-order valence-corrected chi connectivity index (χ0v) is 10.2. The van der Waals surface area contributed by atoms with Gasteiger partial charge in [-0.1, -0.05) is 6.92 Å². The molecule has 1 heterocycles. The maximum Gasteiger partial charge on any atom is 0.151 e. The van der Waals surface area contributed by atoms with Crippen LogP contribution >= 0.6 is 0 Å². The number of aromatic nitrogens is 1. The van der Waals surface area contributed by atoms with Crippen LogP contribution in [0.15, 0.2) is 11.1 Å². The third-order valence-electron chi connectivity index (χ3n) is 2.51. The lowest BCUT2D eigenvalue weighted by atomic mass is 10.2. The Morgan fingerprint density at radius 2 is 2.35 bits per heavy atom. The predicted molar refractivity (Wildman–Crippen MR) is 65.9 cm³/mol. The highest BCUT2D eigenvalue weighted by Crippen LogP contribution is 2.13. The standard InChI is InChI=1S/C11H17N5O/c1-4-10(17)15-11-7(6-12)8(14-2)5-9(13)16(11)3/h5,10,14,17H,4,13H2,1-3H3/b15-11+. The van der Waals surface area contributed by atoms with Crippen LogP contribution in [0.2, 0.25) is 0 Å². The molecule has 92 valence electrons. The number of nitrogens with zero attached hydrogens (tertiary/aromatic N) is 3. The maximum atomic E-state index is 9.56. The molecule has 1 aromatic heterocycles. The number of aliphatic hydroxyl groups is 1. The number of aliphatic hydroxyl groups excluding tert-OH is 1. The van der Waals surface area contributed by atoms with Crippen LogP contribution < -0.4 is 16.5 Å². The van der Waals surface area contributed by atoms with E-state index < -0.39 is 6.23 Å². The number of pyridine rings is 1. The number of rotatable bonds is 3. The van der Waals surface area contributed by atoms with Gasteiger partial charge in [0.2, 0.25) is 0 Å². The summed E-state index contributed by atoms with van der Waals surface area (Å²) in [6.45, 7) is 1.81. The van der Waals surface area contributed by atoms with Crippen LogP contribution in [0.5, 0.6) is 0 Å². The van der Waals surface area contributed by atoms with Crippen molar-refractivity contribution < 1.29 is 5.11 Å². The Morgan fingerprint density at radius 1 is 1.71 bits per heavy atom. The van der Waals surface area contributed by atoms with Crippen LogP contribution in [0.4, 0.5) is 11.5 Å². The molecule has 0 saturated carbocycles. The van der Waals surface area contributed by atoms with E-state index in [2.05, 4.69) is 16.4 Å². The fraction of sp³-hybridized carbons (Fsp3) is 0.455. The summed E-state index contributed by atoms with van der Waals surface area (Å²) < 4.78 is 1.58. The molecular weight excluding hydrogens is 218 g/mol. The molecule has 1 rings (SSSR count). The maximum absolute atomic E-state index is 9.56. The minimum Gasteiger partial charge on any atom is -0.387 e. The van der Waals surface area contributed by atoms with Gasteiger partial charge in [-0.25, -0.2) is 4.99 Å². The Kier molecular flexibility index (Phi) is 4.12. The zero-order valence-electron chi connectivity index (χ0n) is 10.2. The number of hydrogen-bond donors (Lipinski definition) is 3. The highest BCUT2D eigenvalue weighted by atomic mass is 16.3. The average molecular weight is 235 g/mol. The molecule has 1 atom stereocenters. The summed E-state index contributed by atoms with van der Waals surface area (Å²) in [7, 11) is 3.41. The SMILES string of the molecule is CCC(O)/N=c1\c(C#N)c(NC)cc(N)n1C. The highest BCUT2D eigenvalue weighted by molar-refractivity contribution is 5.60. The number of nitriles is 1. The first-order valence-corrected chi connectivity index (χ1v) is 5.34. The van der Waals surface area contributed by atoms with Gasteiger partial charge in [0.15, 0.2) is 5.49 Å². The van der Waals surface area contributed by atoms with E-state index in [1.807, 2.05) is 6.92 Å². The summed E-state index contributed by atoms with van der Waals surface area (Å²) in [6, 6.07) is 3.73. The molecule has 0 fully saturated rings. The smallest absolute Gasteiger partial charge is 0.151 e. The Morgan fingerprint density at radius 3 is 2.82 bits per heavy atom. The van der Waals surface area contributed by atoms with Gasteiger partial charge in [-0.2, -0.15) is 5.26 Å². The third kappa shape index (κ3) is 2.57. The van der Waals surface area contributed by atoms with Crippen LogP contribution in [0.3, 0.4) is 0 Å². The van der Waals surface area contributed by atoms with Crippen LogP contribution in [0, 0.1) is 11.3 Å². The number of nitrogens with two attached hydrogens (primary N) is 1. The Bertz CT molecular complexity index is 512. The topological polar surface area (TPSA) is 99.4 Å². The summed E-state index contributed by atoms with van der Waals surface area (Å²) in [5.74, 6) is 0.468. The van der Waals surface area contributed by atoms with Gasteiger partial charge in [0, 0.05) is 20.2 Å². The largest absolute Gasteiger partial charge is 0.387 e. The van der Waals surface area contributed by atoms with Crippen molar-refractivity contribution in [3.05, 3.63) is 17.1 Å². The number of nitrogens with one attached hydrogen (secondary N) is 1. The summed E-state index contributed by atoms with van der Waals surface area (Å²) in [5, 5.41) is 21.6. The normalized spacial score (nSPS) is 13.2. The second kappa shape index (κ2) is 5.37. The molecule has 1 aromatic rings. The first-order valence-electron chi connectivity index (χ1n) is 5.34. The summed E-state index contributed by atoms with van der Waals surface area (Å²) in [6.07, 6.45) is -0.353. The zero-order chi connectivity index (χ0) is 13.0. The lowest BCUT2D eigenvalue weighted by Crippen LogP contribution is -2.27. The monoisotopic (exact) mass is 235 g/mol. The van der Waals surface area contributed by atoms with Gasteiger partial charge < -0.3 is 20.7 Å². The van der Waals surface area contributed by atoms with E-state index in [0.29, 0.717) is 29.0 Å². The fourth-order valence-corrected chi connectivity index (χ4v) is 1.42. The van der Waals surface area contributed by atoms with Crippen molar-refractivity contribution in [3.63, 3.8) is 0 Å². The molecule has 4 N–H and O–H groups in total. The van der Waals surface area contributed by atoms with Gasteiger partial charge in [-0.3, -0.25) is 0 Å². The molecule has 17 heavy (non-hydrogen) atoms. The van der Waals surface area contributed by atoms with Gasteiger partial charge in [0.1, 0.15) is 23.7 Å². The lowest BCUT2D eigenvalue weighted by molar-refractivity contribution is 0.175. The summed E-state index contributed by atoms with van der Waals surface area (Å²) in [4.78, 5) is 4.09. The molecule has 0 saturated heterocycles. The van der Waals surface area contributed by atoms with E-state index in [-0.39, 0.29) is 0 Å².